The van der Waals surface area contributed by atoms with Crippen molar-refractivity contribution in [2.75, 3.05) is 114 Å². The first-order valence-corrected chi connectivity index (χ1v) is 34.1. The number of carbonyl (C=O) groups is 6. The average molecular weight is 1590 g/mol. The van der Waals surface area contributed by atoms with Gasteiger partial charge in [0.2, 0.25) is 17.8 Å². The minimum atomic E-state index is -3.88. The van der Waals surface area contributed by atoms with Crippen LogP contribution < -0.4 is 28.9 Å². The summed E-state index contributed by atoms with van der Waals surface area (Å²) in [7, 11) is 3.97. The summed E-state index contributed by atoms with van der Waals surface area (Å²) in [6.45, 7) is -21.2. The van der Waals surface area contributed by atoms with Crippen LogP contribution >= 0.6 is 0 Å². The predicted molar refractivity (Wildman–Crippen MR) is 413 cm³/mol. The Balaban J connectivity index is 0.000000152. The highest BCUT2D eigenvalue weighted by Crippen LogP contribution is 2.36. The number of Topliss-reactive ketones (excluding diaryl/α,β-unsaturated/α-hetero) is 3. The zero-order valence-corrected chi connectivity index (χ0v) is 61.5. The fourth-order valence-electron chi connectivity index (χ4n) is 11.9. The van der Waals surface area contributed by atoms with Crippen molar-refractivity contribution in [2.24, 2.45) is 0 Å². The lowest BCUT2D eigenvalue weighted by Crippen LogP contribution is -2.51. The van der Waals surface area contributed by atoms with E-state index in [-0.39, 0.29) is 144 Å². The van der Waals surface area contributed by atoms with E-state index < -0.39 is 145 Å². The van der Waals surface area contributed by atoms with Gasteiger partial charge in [-0.15, -0.1) is 0 Å². The number of amides is 3. The summed E-state index contributed by atoms with van der Waals surface area (Å²) in [5.41, 5.74) is -0.386. The van der Waals surface area contributed by atoms with E-state index in [1.807, 2.05) is 0 Å². The molecule has 12 aromatic heterocycles. The van der Waals surface area contributed by atoms with Crippen LogP contribution in [0, 0.1) is 34.6 Å². The number of aromatic nitrogens is 27. The molecule has 0 aliphatic carbocycles. The Hall–Kier alpha value is -15.4. The van der Waals surface area contributed by atoms with Crippen LogP contribution in [0.25, 0.3) is 67.2 Å². The van der Waals surface area contributed by atoms with E-state index in [0.29, 0.717) is 44.6 Å². The average Bonchev–Trinajstić information content (AvgIpc) is 0.984. The molecule has 0 spiro atoms. The number of tetrazole rings is 3. The van der Waals surface area contributed by atoms with Crippen LogP contribution in [0.2, 0.25) is 0 Å². The van der Waals surface area contributed by atoms with Gasteiger partial charge in [-0.25, -0.2) is 43.9 Å². The summed E-state index contributed by atoms with van der Waals surface area (Å²) in [6, 6.07) is 4.46. The van der Waals surface area contributed by atoms with Gasteiger partial charge >= 0.3 is 0 Å². The summed E-state index contributed by atoms with van der Waals surface area (Å²) < 4.78 is 229. The first kappa shape index (κ1) is 51.2. The highest BCUT2D eigenvalue weighted by Gasteiger charge is 2.36. The number of aryl methyl sites for hydroxylation is 3. The Labute approximate surface area is 690 Å². The van der Waals surface area contributed by atoms with Crippen molar-refractivity contribution in [3.8, 4) is 51.8 Å². The SMILES string of the molecule is [2H]C1([2H])N(C(=O)C(=O)c2c[nH]c3c(-n4cnc(C)n4)ncc(OC)c23)C([2H])([2H])C([2H])([2H])N(c2nnnn2-c2ccccc2)C1([2H])[2H].[2H]c1c([2H])c(-n2nnnc2N2C([2H])([2H])C([2H])([2H])N(C(=O)C(=O)c3c[nH]c4c(-n5cnc(C)n5)ncc(OC)c34)C([2H])([2H])C2([2H])[2H])c([2H])c([2H])c1C.[2H]c1c([2H])c(-n2nnnc2N2CCN(C(=O)C(=O)c3c[nH]c4c(-n5cnc(C)n5)ncc(OC)c34)CC2)c([2H])c([2H])c1C. The molecule has 0 radical (unpaired) electrons. The molecule has 0 bridgehead atoms. The summed E-state index contributed by atoms with van der Waals surface area (Å²) in [5, 5.41) is 46.1. The van der Waals surface area contributed by atoms with Crippen molar-refractivity contribution < 1.29 is 75.9 Å². The van der Waals surface area contributed by atoms with Crippen molar-refractivity contribution in [2.45, 2.75) is 34.6 Å². The summed E-state index contributed by atoms with van der Waals surface area (Å²) in [5.74, 6) is -7.63. The van der Waals surface area contributed by atoms with Gasteiger partial charge in [0.15, 0.2) is 17.5 Å². The van der Waals surface area contributed by atoms with E-state index in [1.54, 1.807) is 43.9 Å². The van der Waals surface area contributed by atoms with Crippen LogP contribution in [0.5, 0.6) is 17.2 Å². The van der Waals surface area contributed by atoms with Gasteiger partial charge in [0.25, 0.3) is 35.1 Å². The highest BCUT2D eigenvalue weighted by atomic mass is 16.5. The number of hydrogen-bond donors (Lipinski definition) is 3. The third-order valence-electron chi connectivity index (χ3n) is 17.4. The van der Waals surface area contributed by atoms with E-state index in [1.165, 1.54) is 115 Å². The van der Waals surface area contributed by atoms with E-state index in [9.17, 15) is 28.8 Å². The van der Waals surface area contributed by atoms with Crippen LogP contribution in [-0.2, 0) is 14.4 Å². The topological polar surface area (TPSA) is 459 Å². The monoisotopic (exact) mass is 1590 g/mol. The minimum Gasteiger partial charge on any atom is -0.494 e. The van der Waals surface area contributed by atoms with Gasteiger partial charge in [0, 0.05) is 96.7 Å². The Morgan fingerprint density at radius 3 is 1.05 bits per heavy atom. The lowest BCUT2D eigenvalue weighted by Gasteiger charge is -2.34. The maximum absolute atomic E-state index is 14.0. The van der Waals surface area contributed by atoms with Gasteiger partial charge in [0.05, 0.1) is 139 Å². The third-order valence-corrected chi connectivity index (χ3v) is 17.4. The van der Waals surface area contributed by atoms with Crippen LogP contribution in [0.15, 0.2) is 135 Å². The predicted octanol–water partition coefficient (Wildman–Crippen LogP) is 3.52. The highest BCUT2D eigenvalue weighted by molar-refractivity contribution is 6.46. The molecule has 42 heteroatoms. The number of fused-ring (bicyclic) bond motifs is 3. The normalized spacial score (nSPS) is 20.2. The molecule has 116 heavy (non-hydrogen) atoms. The molecule has 0 atom stereocenters. The number of ether oxygens (including phenoxy) is 3. The number of ketones is 3. The van der Waals surface area contributed by atoms with Gasteiger partial charge in [0.1, 0.15) is 53.7 Å². The number of nitrogens with one attached hydrogen (secondary N) is 3. The first-order valence-electron chi connectivity index (χ1n) is 46.1. The molecule has 15 heterocycles. The molecule has 588 valence electrons. The molecule has 0 saturated carbocycles. The van der Waals surface area contributed by atoms with Gasteiger partial charge < -0.3 is 58.6 Å². The number of H-pyrrole nitrogens is 3. The fraction of sp³-hybridized carbons (Fsp3) is 0.270. The zero-order valence-electron chi connectivity index (χ0n) is 85.5. The third kappa shape index (κ3) is 14.4. The number of benzene rings is 3. The number of piperazine rings is 3. The largest absolute Gasteiger partial charge is 0.494 e. The Morgan fingerprint density at radius 2 is 0.724 bits per heavy atom. The standard InChI is InChI=1S/2C25H25N11O3.C24H23N11O3/c2*1-15-4-6-17(7-5-15)36-25(29-31-32-36)34-10-8-33(9-11-34)24(38)22(37)18-12-26-21-20(18)19(39-3)13-27-23(21)35-14-28-16(2)30-35;1-15-27-14-34(29-15)22-20-19(18(38-2)13-26-22)17(12-25-20)21(36)23(37)32-8-10-33(11-9-32)24-28-30-31-35(24)16-6-4-3-5-7-16/h2*4-7,12-14,26H,8-11H2,1-3H3;3-7,12-14,25H,8-11H2,1-2H3/i4D,5D,6D,7D,8D2,9D2,10D2,11D2;4D,5D,6D,7D;8D2,9D2,10D2,11D2. The number of para-hydroxylation sites is 1. The molecular weight excluding hydrogens is 1500 g/mol. The van der Waals surface area contributed by atoms with Crippen molar-refractivity contribution in [3.63, 3.8) is 0 Å². The molecule has 18 rings (SSSR count). The number of aromatic amines is 3. The van der Waals surface area contributed by atoms with Gasteiger partial charge in [-0.3, -0.25) is 28.8 Å². The molecule has 0 unspecified atom stereocenters. The molecule has 3 aromatic carbocycles. The number of methoxy groups -OCH3 is 3. The second-order valence-electron chi connectivity index (χ2n) is 24.6. The second kappa shape index (κ2) is 31.8. The Kier molecular flexibility index (Phi) is 14.0. The quantitative estimate of drug-likeness (QED) is 0.0817. The lowest BCUT2D eigenvalue weighted by molar-refractivity contribution is -0.127. The summed E-state index contributed by atoms with van der Waals surface area (Å²) >= 11 is 0. The molecule has 3 aliphatic heterocycles. The molecule has 15 aromatic rings. The number of nitrogens with zero attached hydrogens (tertiary/aromatic N) is 30. The van der Waals surface area contributed by atoms with E-state index in [2.05, 4.69) is 107 Å². The zero-order chi connectivity index (χ0) is 102. The fourth-order valence-corrected chi connectivity index (χ4v) is 11.9. The number of hydrogen-bond acceptors (Lipinski definition) is 30. The number of carbonyl (C=O) groups excluding carboxylic acids is 6. The number of pyridine rings is 3. The van der Waals surface area contributed by atoms with Crippen molar-refractivity contribution in [3.05, 3.63) is 180 Å². The van der Waals surface area contributed by atoms with Gasteiger partial charge in [-0.1, -0.05) is 68.8 Å². The molecule has 3 N–H and O–H groups in total. The summed E-state index contributed by atoms with van der Waals surface area (Å²) in [6.07, 6.45) is 11.7. The first-order chi connectivity index (χ1) is 65.8. The molecule has 3 amide bonds. The Bertz CT molecular complexity index is 7440. The molecule has 3 saturated heterocycles. The van der Waals surface area contributed by atoms with Crippen molar-refractivity contribution in [1.82, 2.24) is 150 Å². The van der Waals surface area contributed by atoms with Gasteiger partial charge in [-0.05, 0) is 102 Å². The van der Waals surface area contributed by atoms with E-state index >= 15 is 0 Å². The molecule has 42 nitrogen and oxygen atoms in total. The maximum atomic E-state index is 14.0. The van der Waals surface area contributed by atoms with Crippen LogP contribution in [0.1, 0.15) is 92.6 Å². The second-order valence-corrected chi connectivity index (χ2v) is 24.6. The maximum Gasteiger partial charge on any atom is 0.295 e. The van der Waals surface area contributed by atoms with Gasteiger partial charge in [-0.2, -0.15) is 29.3 Å². The lowest BCUT2D eigenvalue weighted by atomic mass is 10.1. The van der Waals surface area contributed by atoms with Crippen molar-refractivity contribution >= 4 is 85.6 Å². The van der Waals surface area contributed by atoms with Crippen LogP contribution in [-0.4, -0.2) is 284 Å². The van der Waals surface area contributed by atoms with Crippen LogP contribution in [0.3, 0.4) is 0 Å². The number of rotatable bonds is 18. The smallest absolute Gasteiger partial charge is 0.295 e. The Morgan fingerprint density at radius 1 is 0.397 bits per heavy atom. The van der Waals surface area contributed by atoms with E-state index in [0.717, 1.165) is 17.1 Å². The van der Waals surface area contributed by atoms with Crippen LogP contribution in [0.4, 0.5) is 17.8 Å². The molecule has 3 aliphatic rings. The minimum absolute atomic E-state index is 0.00631. The molecule has 3 fully saturated rings. The number of anilines is 3. The van der Waals surface area contributed by atoms with Crippen molar-refractivity contribution in [1.29, 1.82) is 0 Å². The molecular formula is C74H73N33O9. The van der Waals surface area contributed by atoms with E-state index in [4.69, 9.17) is 47.1 Å². The summed E-state index contributed by atoms with van der Waals surface area (Å²) in [4.78, 5) is 119.